The van der Waals surface area contributed by atoms with Crippen molar-refractivity contribution < 1.29 is 43.3 Å². The molecule has 0 saturated heterocycles. The smallest absolute Gasteiger partial charge is 0.243 e. The lowest BCUT2D eigenvalue weighted by Crippen LogP contribution is -2.58. The molecule has 58 heavy (non-hydrogen) atoms. The summed E-state index contributed by atoms with van der Waals surface area (Å²) in [4.78, 5) is 66.2. The van der Waals surface area contributed by atoms with E-state index in [0.29, 0.717) is 75.5 Å². The summed E-state index contributed by atoms with van der Waals surface area (Å²) >= 11 is 0. The number of benzene rings is 2. The van der Waals surface area contributed by atoms with E-state index in [1.54, 1.807) is 57.4 Å². The number of rotatable bonds is 29. The number of nitrogens with one attached hydrogen (secondary N) is 6. The average molecular weight is 814 g/mol. The summed E-state index contributed by atoms with van der Waals surface area (Å²) in [7, 11) is 1.59. The van der Waals surface area contributed by atoms with Gasteiger partial charge in [-0.15, -0.1) is 0 Å². The molecule has 2 aromatic carbocycles. The number of hydrogen-bond acceptors (Lipinski definition) is 11. The highest BCUT2D eigenvalue weighted by molar-refractivity contribution is 5.94. The van der Waals surface area contributed by atoms with Gasteiger partial charge in [-0.05, 0) is 80.3 Å². The number of nitrogens with two attached hydrogens (primary N) is 3. The summed E-state index contributed by atoms with van der Waals surface area (Å²) in [5, 5.41) is 31.1. The van der Waals surface area contributed by atoms with Gasteiger partial charge in [-0.25, -0.2) is 0 Å². The Kier molecular flexibility index (Phi) is 23.0. The third kappa shape index (κ3) is 19.7. The van der Waals surface area contributed by atoms with Crippen molar-refractivity contribution >= 4 is 35.5 Å². The monoisotopic (exact) mass is 813 g/mol. The fraction of sp³-hybridized carbons (Fsp3) is 0.550. The fourth-order valence-electron chi connectivity index (χ4n) is 5.97. The Morgan fingerprint density at radius 1 is 0.724 bits per heavy atom. The molecule has 0 fully saturated rings. The van der Waals surface area contributed by atoms with E-state index in [0.717, 1.165) is 5.56 Å². The van der Waals surface area contributed by atoms with Gasteiger partial charge in [0.15, 0.2) is 5.96 Å². The standard InChI is InChI=1S/C40H63N9O9/c1-26-22-29(50)23-27(2)30(26)25-34(49-37(53)31(41)12-9-16-46-40(43)44)39(55)47-32(38(54)48-33(36(42)52)24-28-10-5-4-6-11-28)13-7-8-15-45-35(51)14-17-57-20-21-58-19-18-56-3/h4-6,10-11,22-23,31-34,50H,7-9,12-21,24-25,41H2,1-3H3,(H2,42,52)(H,45,51)(H,47,55)(H,48,54)(H,49,53)(H4,43,44,46)/t31-,32+,33+,34+/m1/s1. The SMILES string of the molecule is COCCOCCOCCC(=O)NCCCC[C@H](NC(=O)[C@H](Cc1c(C)cc(O)cc1C)NC(=O)[C@H](N)CCCNC(=N)N)C(=O)N[C@@H](Cc1ccccc1)C(N)=O. The highest BCUT2D eigenvalue weighted by Gasteiger charge is 2.31. The number of phenols is 1. The van der Waals surface area contributed by atoms with Gasteiger partial charge in [-0.3, -0.25) is 29.4 Å². The van der Waals surface area contributed by atoms with Gasteiger partial charge in [0.2, 0.25) is 29.5 Å². The van der Waals surface area contributed by atoms with E-state index in [4.69, 9.17) is 36.8 Å². The number of unbranched alkanes of at least 4 members (excludes halogenated alkanes) is 1. The minimum Gasteiger partial charge on any atom is -0.508 e. The minimum atomic E-state index is -1.19. The number of amides is 5. The maximum atomic E-state index is 14.1. The Bertz CT molecular complexity index is 1590. The Morgan fingerprint density at radius 3 is 1.95 bits per heavy atom. The van der Waals surface area contributed by atoms with Crippen LogP contribution in [-0.4, -0.2) is 118 Å². The summed E-state index contributed by atoms with van der Waals surface area (Å²) in [5.41, 5.74) is 20.0. The maximum absolute atomic E-state index is 14.1. The molecule has 5 amide bonds. The lowest BCUT2D eigenvalue weighted by atomic mass is 9.95. The second-order valence-electron chi connectivity index (χ2n) is 13.9. The number of guanidine groups is 1. The van der Waals surface area contributed by atoms with Gasteiger partial charge in [0, 0.05) is 39.5 Å². The maximum Gasteiger partial charge on any atom is 0.243 e. The first-order valence-electron chi connectivity index (χ1n) is 19.5. The topological polar surface area (TPSA) is 295 Å². The highest BCUT2D eigenvalue weighted by atomic mass is 16.5. The third-order valence-electron chi connectivity index (χ3n) is 9.16. The zero-order valence-electron chi connectivity index (χ0n) is 33.9. The van der Waals surface area contributed by atoms with Gasteiger partial charge >= 0.3 is 0 Å². The van der Waals surface area contributed by atoms with Gasteiger partial charge in [-0.1, -0.05) is 30.3 Å². The van der Waals surface area contributed by atoms with E-state index >= 15 is 0 Å². The van der Waals surface area contributed by atoms with Crippen molar-refractivity contribution in [3.8, 4) is 5.75 Å². The Hall–Kier alpha value is -5.30. The van der Waals surface area contributed by atoms with E-state index < -0.39 is 47.8 Å². The van der Waals surface area contributed by atoms with E-state index in [1.807, 2.05) is 6.07 Å². The average Bonchev–Trinajstić information content (AvgIpc) is 3.17. The molecule has 0 aromatic heterocycles. The minimum absolute atomic E-state index is 0.0109. The van der Waals surface area contributed by atoms with Gasteiger partial charge < -0.3 is 63.1 Å². The van der Waals surface area contributed by atoms with Gasteiger partial charge in [-0.2, -0.15) is 0 Å². The summed E-state index contributed by atoms with van der Waals surface area (Å²) in [6.45, 7) is 6.07. The fourth-order valence-corrected chi connectivity index (χ4v) is 5.97. The number of aromatic hydroxyl groups is 1. The molecular weight excluding hydrogens is 750 g/mol. The second-order valence-corrected chi connectivity index (χ2v) is 13.9. The van der Waals surface area contributed by atoms with Gasteiger partial charge in [0.1, 0.15) is 23.9 Å². The largest absolute Gasteiger partial charge is 0.508 e. The molecule has 13 N–H and O–H groups in total. The molecule has 2 rings (SSSR count). The Morgan fingerprint density at radius 2 is 1.31 bits per heavy atom. The molecule has 0 aliphatic carbocycles. The molecule has 322 valence electrons. The quantitative estimate of drug-likeness (QED) is 0.0287. The van der Waals surface area contributed by atoms with Crippen LogP contribution in [0.1, 0.15) is 60.8 Å². The van der Waals surface area contributed by atoms with Crippen molar-refractivity contribution in [1.29, 1.82) is 5.41 Å². The number of methoxy groups -OCH3 is 1. The van der Waals surface area contributed by atoms with Crippen molar-refractivity contribution in [1.82, 2.24) is 26.6 Å². The molecule has 0 unspecified atom stereocenters. The first kappa shape index (κ1) is 48.8. The Balaban J connectivity index is 2.19. The van der Waals surface area contributed by atoms with Crippen LogP contribution in [-0.2, 0) is 51.0 Å². The molecule has 2 aromatic rings. The van der Waals surface area contributed by atoms with Gasteiger partial charge in [0.25, 0.3) is 0 Å². The number of primary amides is 1. The van der Waals surface area contributed by atoms with Crippen molar-refractivity contribution in [3.05, 3.63) is 64.7 Å². The van der Waals surface area contributed by atoms with Gasteiger partial charge in [0.05, 0.1) is 39.1 Å². The predicted molar refractivity (Wildman–Crippen MR) is 219 cm³/mol. The van der Waals surface area contributed by atoms with Crippen LogP contribution in [0.3, 0.4) is 0 Å². The van der Waals surface area contributed by atoms with Crippen LogP contribution < -0.4 is 43.8 Å². The van der Waals surface area contributed by atoms with E-state index in [9.17, 15) is 29.1 Å². The van der Waals surface area contributed by atoms with E-state index in [-0.39, 0.29) is 56.3 Å². The first-order valence-corrected chi connectivity index (χ1v) is 19.5. The molecule has 0 heterocycles. The van der Waals surface area contributed by atoms with E-state index in [1.165, 1.54) is 0 Å². The molecule has 0 saturated carbocycles. The van der Waals surface area contributed by atoms with Crippen LogP contribution in [0.25, 0.3) is 0 Å². The molecule has 0 bridgehead atoms. The summed E-state index contributed by atoms with van der Waals surface area (Å²) in [5.74, 6) is -3.07. The summed E-state index contributed by atoms with van der Waals surface area (Å²) in [6, 6.07) is 7.67. The lowest BCUT2D eigenvalue weighted by Gasteiger charge is -2.26. The van der Waals surface area contributed by atoms with Crippen LogP contribution >= 0.6 is 0 Å². The first-order chi connectivity index (χ1) is 27.7. The molecule has 0 aliphatic rings. The van der Waals surface area contributed by atoms with Crippen LogP contribution in [0, 0.1) is 19.3 Å². The van der Waals surface area contributed by atoms with Crippen molar-refractivity contribution in [2.45, 2.75) is 89.4 Å². The van der Waals surface area contributed by atoms with Crippen LogP contribution in [0.15, 0.2) is 42.5 Å². The normalized spacial score (nSPS) is 13.0. The number of ether oxygens (including phenoxy) is 3. The molecule has 4 atom stereocenters. The highest BCUT2D eigenvalue weighted by Crippen LogP contribution is 2.22. The lowest BCUT2D eigenvalue weighted by molar-refractivity contribution is -0.133. The predicted octanol–water partition coefficient (Wildman–Crippen LogP) is -0.319. The van der Waals surface area contributed by atoms with Crippen molar-refractivity contribution in [2.24, 2.45) is 17.2 Å². The van der Waals surface area contributed by atoms with Crippen molar-refractivity contribution in [3.63, 3.8) is 0 Å². The zero-order chi connectivity index (χ0) is 42.9. The molecule has 18 heteroatoms. The molecular formula is C40H63N9O9. The molecule has 0 aliphatic heterocycles. The van der Waals surface area contributed by atoms with E-state index in [2.05, 4.69) is 26.6 Å². The number of aryl methyl sites for hydroxylation is 2. The second kappa shape index (κ2) is 27.4. The third-order valence-corrected chi connectivity index (χ3v) is 9.16. The summed E-state index contributed by atoms with van der Waals surface area (Å²) in [6.07, 6.45) is 1.91. The molecule has 0 spiro atoms. The molecule has 18 nitrogen and oxygen atoms in total. The van der Waals surface area contributed by atoms with Crippen LogP contribution in [0.5, 0.6) is 5.75 Å². The van der Waals surface area contributed by atoms with Crippen molar-refractivity contribution in [2.75, 3.05) is 53.2 Å². The molecule has 0 radical (unpaired) electrons. The number of carbonyl (C=O) groups excluding carboxylic acids is 5. The zero-order valence-corrected chi connectivity index (χ0v) is 33.9. The van der Waals surface area contributed by atoms with Crippen LogP contribution in [0.2, 0.25) is 0 Å². The number of hydrogen-bond donors (Lipinski definition) is 10. The summed E-state index contributed by atoms with van der Waals surface area (Å²) < 4.78 is 15.7. The number of phenolic OH excluding ortho intramolecular Hbond substituents is 1. The Labute approximate surface area is 340 Å². The van der Waals surface area contributed by atoms with Crippen LogP contribution in [0.4, 0.5) is 0 Å². The number of carbonyl (C=O) groups is 5.